The second-order valence-electron chi connectivity index (χ2n) is 3.47. The predicted molar refractivity (Wildman–Crippen MR) is 71.6 cm³/mol. The molecule has 3 heteroatoms. The van der Waals surface area contributed by atoms with Gasteiger partial charge >= 0.3 is 0 Å². The van der Waals surface area contributed by atoms with Gasteiger partial charge in [-0.05, 0) is 32.6 Å². The molecule has 1 atom stereocenters. The summed E-state index contributed by atoms with van der Waals surface area (Å²) >= 11 is 3.69. The molecule has 0 spiro atoms. The average molecular weight is 323 g/mol. The molecule has 14 heavy (non-hydrogen) atoms. The lowest BCUT2D eigenvalue weighted by atomic mass is 10.1. The Bertz CT molecular complexity index is 236. The highest BCUT2D eigenvalue weighted by molar-refractivity contribution is 9.09. The quantitative estimate of drug-likeness (QED) is 0.765. The highest BCUT2D eigenvalue weighted by Crippen LogP contribution is 2.25. The number of hydrogen-bond donors (Lipinski definition) is 0. The van der Waals surface area contributed by atoms with Crippen LogP contribution in [0.25, 0.3) is 0 Å². The van der Waals surface area contributed by atoms with E-state index in [9.17, 15) is 0 Å². The average Bonchev–Trinajstić information content (AvgIpc) is 2.15. The minimum absolute atomic E-state index is 0. The van der Waals surface area contributed by atoms with Crippen LogP contribution in [0.5, 0.6) is 0 Å². The Morgan fingerprint density at radius 3 is 2.29 bits per heavy atom. The molecule has 0 aliphatic heterocycles. The molecule has 0 fully saturated rings. The van der Waals surface area contributed by atoms with Crippen LogP contribution < -0.4 is 0 Å². The summed E-state index contributed by atoms with van der Waals surface area (Å²) in [7, 11) is 4.20. The second kappa shape index (κ2) is 7.43. The van der Waals surface area contributed by atoms with Gasteiger partial charge in [0.05, 0.1) is 0 Å². The highest BCUT2D eigenvalue weighted by atomic mass is 79.9. The van der Waals surface area contributed by atoms with Crippen LogP contribution in [-0.2, 0) is 0 Å². The van der Waals surface area contributed by atoms with E-state index in [1.165, 1.54) is 5.56 Å². The predicted octanol–water partition coefficient (Wildman–Crippen LogP) is 3.65. The Morgan fingerprint density at radius 2 is 1.79 bits per heavy atom. The van der Waals surface area contributed by atoms with Gasteiger partial charge in [-0.15, -0.1) is 17.0 Å². The van der Waals surface area contributed by atoms with Crippen molar-refractivity contribution in [1.82, 2.24) is 4.90 Å². The smallest absolute Gasteiger partial charge is 0.0407 e. The number of nitrogens with zero attached hydrogens (tertiary/aromatic N) is 1. The van der Waals surface area contributed by atoms with E-state index in [0.29, 0.717) is 4.83 Å². The van der Waals surface area contributed by atoms with Crippen LogP contribution in [0.1, 0.15) is 16.8 Å². The van der Waals surface area contributed by atoms with Crippen LogP contribution in [0.15, 0.2) is 30.3 Å². The van der Waals surface area contributed by atoms with Crippen molar-refractivity contribution in [2.24, 2.45) is 0 Å². The van der Waals surface area contributed by atoms with E-state index >= 15 is 0 Å². The van der Waals surface area contributed by atoms with Crippen molar-refractivity contribution in [3.63, 3.8) is 0 Å². The lowest BCUT2D eigenvalue weighted by Gasteiger charge is -2.13. The summed E-state index contributed by atoms with van der Waals surface area (Å²) in [6.07, 6.45) is 1.15. The van der Waals surface area contributed by atoms with Crippen LogP contribution in [0.4, 0.5) is 0 Å². The zero-order chi connectivity index (χ0) is 9.68. The van der Waals surface area contributed by atoms with E-state index in [4.69, 9.17) is 0 Å². The molecule has 80 valence electrons. The number of alkyl halides is 1. The van der Waals surface area contributed by atoms with E-state index in [1.807, 2.05) is 0 Å². The van der Waals surface area contributed by atoms with Gasteiger partial charge in [-0.25, -0.2) is 0 Å². The van der Waals surface area contributed by atoms with Gasteiger partial charge in [0.1, 0.15) is 0 Å². The molecule has 0 saturated heterocycles. The van der Waals surface area contributed by atoms with Crippen LogP contribution in [0, 0.1) is 0 Å². The van der Waals surface area contributed by atoms with Gasteiger partial charge in [0.2, 0.25) is 0 Å². The molecule has 0 radical (unpaired) electrons. The first-order valence-electron chi connectivity index (χ1n) is 4.54. The molecule has 0 saturated carbocycles. The fraction of sp³-hybridized carbons (Fsp3) is 0.455. The molecule has 1 aromatic rings. The summed E-state index contributed by atoms with van der Waals surface area (Å²) in [5.74, 6) is 0. The first-order chi connectivity index (χ1) is 6.20. The Kier molecular flexibility index (Phi) is 7.51. The fourth-order valence-corrected chi connectivity index (χ4v) is 1.71. The molecule has 1 nitrogen and oxygen atoms in total. The molecule has 0 amide bonds. The van der Waals surface area contributed by atoms with Gasteiger partial charge in [-0.1, -0.05) is 46.3 Å². The number of rotatable bonds is 4. The van der Waals surface area contributed by atoms with Crippen molar-refractivity contribution in [1.29, 1.82) is 0 Å². The molecule has 0 aliphatic rings. The molecule has 0 heterocycles. The summed E-state index contributed by atoms with van der Waals surface area (Å²) < 4.78 is 0. The van der Waals surface area contributed by atoms with Gasteiger partial charge in [-0.2, -0.15) is 0 Å². The topological polar surface area (TPSA) is 3.24 Å². The fourth-order valence-electron chi connectivity index (χ4n) is 1.20. The summed E-state index contributed by atoms with van der Waals surface area (Å²) in [5, 5.41) is 0. The maximum Gasteiger partial charge on any atom is 0.0407 e. The van der Waals surface area contributed by atoms with Crippen LogP contribution in [-0.4, -0.2) is 25.5 Å². The van der Waals surface area contributed by atoms with Gasteiger partial charge in [0.25, 0.3) is 0 Å². The first kappa shape index (κ1) is 14.1. The van der Waals surface area contributed by atoms with Crippen molar-refractivity contribution >= 4 is 32.9 Å². The SMILES string of the molecule is Br.CN(C)CCC(Br)c1ccccc1. The zero-order valence-corrected chi connectivity index (χ0v) is 11.9. The third-order valence-corrected chi connectivity index (χ3v) is 2.98. The van der Waals surface area contributed by atoms with Crippen LogP contribution >= 0.6 is 32.9 Å². The third-order valence-electron chi connectivity index (χ3n) is 1.99. The maximum atomic E-state index is 3.69. The highest BCUT2D eigenvalue weighted by Gasteiger charge is 2.06. The second-order valence-corrected chi connectivity index (χ2v) is 4.58. The minimum Gasteiger partial charge on any atom is -0.309 e. The molecular weight excluding hydrogens is 306 g/mol. The summed E-state index contributed by atoms with van der Waals surface area (Å²) in [6, 6.07) is 10.5. The van der Waals surface area contributed by atoms with E-state index in [2.05, 4.69) is 65.3 Å². The monoisotopic (exact) mass is 321 g/mol. The minimum atomic E-state index is 0. The van der Waals surface area contributed by atoms with Gasteiger partial charge in [0, 0.05) is 4.83 Å². The molecule has 0 bridgehead atoms. The summed E-state index contributed by atoms with van der Waals surface area (Å²) in [4.78, 5) is 2.69. The van der Waals surface area contributed by atoms with Crippen molar-refractivity contribution in [2.45, 2.75) is 11.2 Å². The van der Waals surface area contributed by atoms with Gasteiger partial charge in [0.15, 0.2) is 0 Å². The molecular formula is C11H17Br2N. The van der Waals surface area contributed by atoms with E-state index in [0.717, 1.165) is 13.0 Å². The van der Waals surface area contributed by atoms with Crippen molar-refractivity contribution in [2.75, 3.05) is 20.6 Å². The van der Waals surface area contributed by atoms with Crippen LogP contribution in [0.3, 0.4) is 0 Å². The molecule has 1 unspecified atom stereocenters. The van der Waals surface area contributed by atoms with E-state index in [-0.39, 0.29) is 17.0 Å². The van der Waals surface area contributed by atoms with Gasteiger partial charge < -0.3 is 4.90 Å². The lowest BCUT2D eigenvalue weighted by molar-refractivity contribution is 0.399. The van der Waals surface area contributed by atoms with Crippen molar-refractivity contribution < 1.29 is 0 Å². The van der Waals surface area contributed by atoms with E-state index < -0.39 is 0 Å². The molecule has 0 N–H and O–H groups in total. The number of benzene rings is 1. The van der Waals surface area contributed by atoms with E-state index in [1.54, 1.807) is 0 Å². The Balaban J connectivity index is 0.00000169. The standard InChI is InChI=1S/C11H16BrN.BrH/c1-13(2)9-8-11(12)10-6-4-3-5-7-10;/h3-7,11H,8-9H2,1-2H3;1H. The molecule has 1 rings (SSSR count). The third kappa shape index (κ3) is 5.13. The van der Waals surface area contributed by atoms with Gasteiger partial charge in [-0.3, -0.25) is 0 Å². The summed E-state index contributed by atoms with van der Waals surface area (Å²) in [5.41, 5.74) is 1.37. The van der Waals surface area contributed by atoms with Crippen molar-refractivity contribution in [3.8, 4) is 0 Å². The molecule has 0 aromatic heterocycles. The maximum absolute atomic E-state index is 3.69. The molecule has 0 aliphatic carbocycles. The number of halogens is 2. The number of hydrogen-bond acceptors (Lipinski definition) is 1. The Hall–Kier alpha value is 0.140. The lowest BCUT2D eigenvalue weighted by Crippen LogP contribution is -2.14. The largest absolute Gasteiger partial charge is 0.309 e. The van der Waals surface area contributed by atoms with Crippen LogP contribution in [0.2, 0.25) is 0 Å². The normalized spacial score (nSPS) is 12.3. The first-order valence-corrected chi connectivity index (χ1v) is 5.45. The summed E-state index contributed by atoms with van der Waals surface area (Å²) in [6.45, 7) is 1.12. The van der Waals surface area contributed by atoms with Crippen molar-refractivity contribution in [3.05, 3.63) is 35.9 Å². The Morgan fingerprint density at radius 1 is 1.21 bits per heavy atom. The molecule has 1 aromatic carbocycles. The zero-order valence-electron chi connectivity index (χ0n) is 8.61. The Labute approximate surface area is 105 Å².